The summed E-state index contributed by atoms with van der Waals surface area (Å²) in [4.78, 5) is 0. The van der Waals surface area contributed by atoms with Crippen LogP contribution >= 0.6 is 0 Å². The molecule has 0 amide bonds. The van der Waals surface area contributed by atoms with Crippen molar-refractivity contribution in [2.24, 2.45) is 0 Å². The predicted molar refractivity (Wildman–Crippen MR) is 85.3 cm³/mol. The molecule has 106 valence electrons. The van der Waals surface area contributed by atoms with Gasteiger partial charge < -0.3 is 4.53 Å². The minimum Gasteiger partial charge on any atom is -0.343 e. The largest absolute Gasteiger partial charge is 0.343 e. The van der Waals surface area contributed by atoms with E-state index in [1.54, 1.807) is 0 Å². The maximum Gasteiger partial charge on any atom is 0.212 e. The first-order valence-electron chi connectivity index (χ1n) is 7.07. The molecular weight excluding hydrogens is 250 g/mol. The normalized spacial score (nSPS) is 13.5. The van der Waals surface area contributed by atoms with Crippen LogP contribution in [0.3, 0.4) is 0 Å². The molecule has 1 atom stereocenters. The molecule has 3 heteroatoms. The number of hydrogen-bond acceptors (Lipinski definition) is 2. The van der Waals surface area contributed by atoms with Gasteiger partial charge in [0.05, 0.1) is 0 Å². The van der Waals surface area contributed by atoms with Crippen molar-refractivity contribution in [3.63, 3.8) is 0 Å². The summed E-state index contributed by atoms with van der Waals surface area (Å²) in [5.74, 6) is 0. The van der Waals surface area contributed by atoms with E-state index in [0.29, 0.717) is 6.04 Å². The zero-order valence-corrected chi connectivity index (χ0v) is 13.7. The summed E-state index contributed by atoms with van der Waals surface area (Å²) in [5.41, 5.74) is 1.29. The smallest absolute Gasteiger partial charge is 0.212 e. The SMILES string of the molecule is C=CCC(CC)N(Cc1ccccc1)O[Si](C)(C)C. The topological polar surface area (TPSA) is 12.5 Å². The molecule has 1 aromatic carbocycles. The second-order valence-corrected chi connectivity index (χ2v) is 10.3. The van der Waals surface area contributed by atoms with Crippen LogP contribution < -0.4 is 0 Å². The molecule has 0 radical (unpaired) electrons. The van der Waals surface area contributed by atoms with Gasteiger partial charge in [0, 0.05) is 12.6 Å². The molecule has 0 aliphatic heterocycles. The third-order valence-corrected chi connectivity index (χ3v) is 3.67. The van der Waals surface area contributed by atoms with Crippen LogP contribution in [0.25, 0.3) is 0 Å². The van der Waals surface area contributed by atoms with E-state index in [1.165, 1.54) is 5.56 Å². The van der Waals surface area contributed by atoms with Gasteiger partial charge in [-0.05, 0) is 38.0 Å². The second kappa shape index (κ2) is 7.63. The maximum atomic E-state index is 6.27. The molecule has 0 saturated heterocycles. The quantitative estimate of drug-likeness (QED) is 0.391. The highest BCUT2D eigenvalue weighted by Crippen LogP contribution is 2.18. The predicted octanol–water partition coefficient (Wildman–Crippen LogP) is 4.61. The summed E-state index contributed by atoms with van der Waals surface area (Å²) >= 11 is 0. The fraction of sp³-hybridized carbons (Fsp3) is 0.500. The molecule has 1 unspecified atom stereocenters. The van der Waals surface area contributed by atoms with Gasteiger partial charge in [-0.25, -0.2) is 0 Å². The Labute approximate surface area is 119 Å². The van der Waals surface area contributed by atoms with Crippen molar-refractivity contribution in [3.8, 4) is 0 Å². The summed E-state index contributed by atoms with van der Waals surface area (Å²) in [5, 5.41) is 2.17. The molecule has 0 aliphatic carbocycles. The monoisotopic (exact) mass is 277 g/mol. The van der Waals surface area contributed by atoms with Gasteiger partial charge in [0.25, 0.3) is 0 Å². The lowest BCUT2D eigenvalue weighted by atomic mass is 10.1. The highest BCUT2D eigenvalue weighted by atomic mass is 28.4. The Morgan fingerprint density at radius 2 is 1.89 bits per heavy atom. The lowest BCUT2D eigenvalue weighted by Gasteiger charge is -2.35. The molecule has 0 aliphatic rings. The van der Waals surface area contributed by atoms with E-state index in [4.69, 9.17) is 4.53 Å². The minimum absolute atomic E-state index is 0.407. The number of benzene rings is 1. The molecule has 19 heavy (non-hydrogen) atoms. The third kappa shape index (κ3) is 6.19. The highest BCUT2D eigenvalue weighted by molar-refractivity contribution is 6.69. The summed E-state index contributed by atoms with van der Waals surface area (Å²) in [7, 11) is -1.59. The van der Waals surface area contributed by atoms with Crippen molar-refractivity contribution in [1.29, 1.82) is 0 Å². The molecule has 0 bridgehead atoms. The Morgan fingerprint density at radius 1 is 1.26 bits per heavy atom. The second-order valence-electron chi connectivity index (χ2n) is 5.85. The van der Waals surface area contributed by atoms with Crippen LogP contribution in [-0.4, -0.2) is 19.4 Å². The van der Waals surface area contributed by atoms with Gasteiger partial charge in [-0.2, -0.15) is 5.06 Å². The first-order chi connectivity index (χ1) is 8.96. The molecular formula is C16H27NOSi. The molecule has 0 heterocycles. The minimum atomic E-state index is -1.59. The molecule has 0 saturated carbocycles. The van der Waals surface area contributed by atoms with E-state index < -0.39 is 8.32 Å². The Morgan fingerprint density at radius 3 is 2.37 bits per heavy atom. The van der Waals surface area contributed by atoms with Gasteiger partial charge in [-0.15, -0.1) is 6.58 Å². The molecule has 1 rings (SSSR count). The number of hydroxylamine groups is 2. The first-order valence-corrected chi connectivity index (χ1v) is 10.5. The molecule has 2 nitrogen and oxygen atoms in total. The van der Waals surface area contributed by atoms with E-state index in [2.05, 4.69) is 62.5 Å². The third-order valence-electron chi connectivity index (χ3n) is 2.89. The molecule has 1 aromatic rings. The van der Waals surface area contributed by atoms with Crippen LogP contribution in [0, 0.1) is 0 Å². The summed E-state index contributed by atoms with van der Waals surface area (Å²) in [6.45, 7) is 13.6. The zero-order chi connectivity index (χ0) is 14.3. The Hall–Kier alpha value is -0.903. The molecule has 0 spiro atoms. The van der Waals surface area contributed by atoms with Gasteiger partial charge in [0.2, 0.25) is 8.32 Å². The van der Waals surface area contributed by atoms with Gasteiger partial charge in [0.15, 0.2) is 0 Å². The van der Waals surface area contributed by atoms with E-state index >= 15 is 0 Å². The number of nitrogens with zero attached hydrogens (tertiary/aromatic N) is 1. The fourth-order valence-corrected chi connectivity index (χ4v) is 2.95. The Kier molecular flexibility index (Phi) is 6.49. The lowest BCUT2D eigenvalue weighted by molar-refractivity contribution is -0.113. The van der Waals surface area contributed by atoms with Crippen LogP contribution in [0.2, 0.25) is 19.6 Å². The molecule has 0 aromatic heterocycles. The summed E-state index contributed by atoms with van der Waals surface area (Å²) < 4.78 is 6.27. The van der Waals surface area contributed by atoms with Crippen LogP contribution in [0.15, 0.2) is 43.0 Å². The van der Waals surface area contributed by atoms with Gasteiger partial charge in [0.1, 0.15) is 0 Å². The van der Waals surface area contributed by atoms with Gasteiger partial charge in [-0.1, -0.05) is 43.3 Å². The summed E-state index contributed by atoms with van der Waals surface area (Å²) in [6.07, 6.45) is 4.02. The van der Waals surface area contributed by atoms with Crippen LogP contribution in [0.5, 0.6) is 0 Å². The number of rotatable bonds is 8. The fourth-order valence-electron chi connectivity index (χ4n) is 2.03. The standard InChI is InChI=1S/C16H27NOSi/c1-6-11-16(7-2)17(18-19(3,4)5)14-15-12-9-8-10-13-15/h6,8-10,12-13,16H,1,7,11,14H2,2-5H3. The van der Waals surface area contributed by atoms with Crippen molar-refractivity contribution < 1.29 is 4.53 Å². The maximum absolute atomic E-state index is 6.27. The van der Waals surface area contributed by atoms with E-state index in [1.807, 2.05) is 12.1 Å². The van der Waals surface area contributed by atoms with E-state index in [-0.39, 0.29) is 0 Å². The molecule has 0 fully saturated rings. The Bertz CT molecular complexity index is 372. The lowest BCUT2D eigenvalue weighted by Crippen LogP contribution is -2.42. The van der Waals surface area contributed by atoms with Crippen molar-refractivity contribution in [2.75, 3.05) is 0 Å². The van der Waals surface area contributed by atoms with Crippen molar-refractivity contribution in [2.45, 2.75) is 52.0 Å². The first kappa shape index (κ1) is 16.2. The van der Waals surface area contributed by atoms with Crippen LogP contribution in [-0.2, 0) is 11.1 Å². The average molecular weight is 277 g/mol. The van der Waals surface area contributed by atoms with Crippen LogP contribution in [0.1, 0.15) is 25.3 Å². The summed E-state index contributed by atoms with van der Waals surface area (Å²) in [6, 6.07) is 10.9. The Balaban J connectivity index is 2.82. The van der Waals surface area contributed by atoms with Crippen molar-refractivity contribution in [1.82, 2.24) is 5.06 Å². The van der Waals surface area contributed by atoms with Gasteiger partial charge >= 0.3 is 0 Å². The van der Waals surface area contributed by atoms with Crippen molar-refractivity contribution in [3.05, 3.63) is 48.6 Å². The van der Waals surface area contributed by atoms with Crippen LogP contribution in [0.4, 0.5) is 0 Å². The van der Waals surface area contributed by atoms with Gasteiger partial charge in [-0.3, -0.25) is 0 Å². The molecule has 0 N–H and O–H groups in total. The van der Waals surface area contributed by atoms with E-state index in [9.17, 15) is 0 Å². The average Bonchev–Trinajstić information content (AvgIpc) is 2.35. The zero-order valence-electron chi connectivity index (χ0n) is 12.7. The van der Waals surface area contributed by atoms with Crippen molar-refractivity contribution >= 4 is 8.32 Å². The number of hydrogen-bond donors (Lipinski definition) is 0. The highest BCUT2D eigenvalue weighted by Gasteiger charge is 2.24. The van der Waals surface area contributed by atoms with E-state index in [0.717, 1.165) is 19.4 Å².